The van der Waals surface area contributed by atoms with Crippen molar-refractivity contribution in [2.24, 2.45) is 5.10 Å². The monoisotopic (exact) mass is 365 g/mol. The van der Waals surface area contributed by atoms with Crippen molar-refractivity contribution in [1.82, 2.24) is 10.4 Å². The molecule has 130 valence electrons. The Bertz CT molecular complexity index is 879. The van der Waals surface area contributed by atoms with E-state index in [2.05, 4.69) is 15.5 Å². The van der Waals surface area contributed by atoms with Crippen molar-refractivity contribution < 1.29 is 9.53 Å². The lowest BCUT2D eigenvalue weighted by atomic mass is 10.2. The number of ether oxygens (including phenoxy) is 1. The number of hydrogen-bond donors (Lipinski definition) is 1. The van der Waals surface area contributed by atoms with E-state index in [4.69, 9.17) is 16.3 Å². The minimum absolute atomic E-state index is 0.308. The molecule has 1 aromatic heterocycles. The van der Waals surface area contributed by atoms with Gasteiger partial charge < -0.3 is 4.74 Å². The van der Waals surface area contributed by atoms with Gasteiger partial charge in [0.05, 0.1) is 11.8 Å². The lowest BCUT2D eigenvalue weighted by Gasteiger charge is -2.06. The Hall–Kier alpha value is -3.18. The molecule has 0 atom stereocenters. The van der Waals surface area contributed by atoms with Crippen LogP contribution in [-0.4, -0.2) is 17.1 Å². The summed E-state index contributed by atoms with van der Waals surface area (Å²) in [6.45, 7) is 0.464. The molecule has 3 rings (SSSR count). The maximum absolute atomic E-state index is 11.8. The van der Waals surface area contributed by atoms with Gasteiger partial charge in [0.1, 0.15) is 12.4 Å². The van der Waals surface area contributed by atoms with Crippen LogP contribution in [0, 0.1) is 0 Å². The number of carbonyl (C=O) groups is 1. The van der Waals surface area contributed by atoms with Crippen LogP contribution in [0.2, 0.25) is 5.02 Å². The Morgan fingerprint density at radius 3 is 2.58 bits per heavy atom. The highest BCUT2D eigenvalue weighted by Gasteiger charge is 2.02. The van der Waals surface area contributed by atoms with E-state index in [1.807, 2.05) is 48.5 Å². The summed E-state index contributed by atoms with van der Waals surface area (Å²) >= 11 is 5.86. The smallest absolute Gasteiger partial charge is 0.272 e. The molecule has 3 aromatic rings. The third-order valence-corrected chi connectivity index (χ3v) is 3.75. The number of aromatic nitrogens is 1. The fourth-order valence-corrected chi connectivity index (χ4v) is 2.25. The molecule has 0 saturated carbocycles. The third-order valence-electron chi connectivity index (χ3n) is 3.50. The molecular weight excluding hydrogens is 350 g/mol. The Morgan fingerprint density at radius 2 is 1.88 bits per heavy atom. The van der Waals surface area contributed by atoms with Gasteiger partial charge in [0.15, 0.2) is 0 Å². The van der Waals surface area contributed by atoms with Gasteiger partial charge in [-0.25, -0.2) is 5.43 Å². The van der Waals surface area contributed by atoms with Crippen molar-refractivity contribution in [1.29, 1.82) is 0 Å². The molecule has 2 aromatic carbocycles. The normalized spacial score (nSPS) is 10.7. The maximum atomic E-state index is 11.8. The van der Waals surface area contributed by atoms with Crippen LogP contribution < -0.4 is 10.2 Å². The van der Waals surface area contributed by atoms with Gasteiger partial charge in [-0.1, -0.05) is 23.7 Å². The van der Waals surface area contributed by atoms with E-state index in [9.17, 15) is 4.79 Å². The second kappa shape index (κ2) is 8.78. The second-order valence-electron chi connectivity index (χ2n) is 5.43. The fraction of sp³-hybridized carbons (Fsp3) is 0.0500. The molecule has 26 heavy (non-hydrogen) atoms. The number of hydrogen-bond acceptors (Lipinski definition) is 4. The maximum Gasteiger partial charge on any atom is 0.272 e. The first-order chi connectivity index (χ1) is 12.7. The number of halogens is 1. The molecule has 0 aliphatic carbocycles. The first-order valence-electron chi connectivity index (χ1n) is 7.91. The average Bonchev–Trinajstić information content (AvgIpc) is 2.69. The Balaban J connectivity index is 1.51. The van der Waals surface area contributed by atoms with Crippen LogP contribution in [0.3, 0.4) is 0 Å². The van der Waals surface area contributed by atoms with Crippen LogP contribution in [-0.2, 0) is 6.61 Å². The Labute approximate surface area is 156 Å². The molecule has 1 N–H and O–H groups in total. The lowest BCUT2D eigenvalue weighted by Crippen LogP contribution is -2.17. The summed E-state index contributed by atoms with van der Waals surface area (Å²) in [7, 11) is 0. The van der Waals surface area contributed by atoms with Gasteiger partial charge in [0.2, 0.25) is 0 Å². The molecule has 0 spiro atoms. The summed E-state index contributed by atoms with van der Waals surface area (Å²) in [5.41, 5.74) is 4.80. The van der Waals surface area contributed by atoms with Gasteiger partial charge in [-0.2, -0.15) is 5.10 Å². The summed E-state index contributed by atoms with van der Waals surface area (Å²) in [5.74, 6) is 0.439. The van der Waals surface area contributed by atoms with Crippen molar-refractivity contribution in [3.63, 3.8) is 0 Å². The molecule has 0 unspecified atom stereocenters. The highest BCUT2D eigenvalue weighted by molar-refractivity contribution is 6.30. The number of nitrogens with one attached hydrogen (secondary N) is 1. The SMILES string of the molecule is O=C(N/N=C\c1ccc(OCc2ccc(Cl)cc2)cc1)c1cccnc1. The van der Waals surface area contributed by atoms with Crippen molar-refractivity contribution in [2.75, 3.05) is 0 Å². The number of hydrazone groups is 1. The predicted octanol–water partition coefficient (Wildman–Crippen LogP) is 4.08. The van der Waals surface area contributed by atoms with Gasteiger partial charge in [0, 0.05) is 17.4 Å². The van der Waals surface area contributed by atoms with Crippen LogP contribution in [0.25, 0.3) is 0 Å². The summed E-state index contributed by atoms with van der Waals surface area (Å²) in [6.07, 6.45) is 4.66. The number of benzene rings is 2. The minimum atomic E-state index is -0.308. The fourth-order valence-electron chi connectivity index (χ4n) is 2.12. The van der Waals surface area contributed by atoms with Gasteiger partial charge in [-0.3, -0.25) is 9.78 Å². The molecule has 0 fully saturated rings. The topological polar surface area (TPSA) is 63.6 Å². The second-order valence-corrected chi connectivity index (χ2v) is 5.86. The zero-order valence-corrected chi connectivity index (χ0v) is 14.6. The van der Waals surface area contributed by atoms with Crippen LogP contribution in [0.4, 0.5) is 0 Å². The Morgan fingerprint density at radius 1 is 1.12 bits per heavy atom. The van der Waals surface area contributed by atoms with Crippen molar-refractivity contribution >= 4 is 23.7 Å². The summed E-state index contributed by atoms with van der Waals surface area (Å²) < 4.78 is 5.72. The van der Waals surface area contributed by atoms with Gasteiger partial charge in [-0.15, -0.1) is 0 Å². The Kier molecular flexibility index (Phi) is 5.96. The van der Waals surface area contributed by atoms with E-state index >= 15 is 0 Å². The van der Waals surface area contributed by atoms with E-state index in [0.717, 1.165) is 16.9 Å². The van der Waals surface area contributed by atoms with Crippen LogP contribution in [0.5, 0.6) is 5.75 Å². The average molecular weight is 366 g/mol. The van der Waals surface area contributed by atoms with Crippen molar-refractivity contribution in [3.05, 3.63) is 94.8 Å². The van der Waals surface area contributed by atoms with Crippen molar-refractivity contribution in [3.8, 4) is 5.75 Å². The molecule has 0 saturated heterocycles. The highest BCUT2D eigenvalue weighted by Crippen LogP contribution is 2.15. The summed E-state index contributed by atoms with van der Waals surface area (Å²) in [5, 5.41) is 4.65. The quantitative estimate of drug-likeness (QED) is 0.529. The van der Waals surface area contributed by atoms with Crippen LogP contribution in [0.1, 0.15) is 21.5 Å². The number of pyridine rings is 1. The first kappa shape index (κ1) is 17.6. The molecule has 1 heterocycles. The minimum Gasteiger partial charge on any atom is -0.489 e. The summed E-state index contributed by atoms with van der Waals surface area (Å²) in [4.78, 5) is 15.7. The number of carbonyl (C=O) groups excluding carboxylic acids is 1. The van der Waals surface area contributed by atoms with E-state index in [0.29, 0.717) is 17.2 Å². The zero-order valence-electron chi connectivity index (χ0n) is 13.8. The molecule has 0 bridgehead atoms. The van der Waals surface area contributed by atoms with E-state index in [-0.39, 0.29) is 5.91 Å². The van der Waals surface area contributed by atoms with Gasteiger partial charge >= 0.3 is 0 Å². The molecule has 5 nitrogen and oxygen atoms in total. The van der Waals surface area contributed by atoms with E-state index in [1.54, 1.807) is 24.5 Å². The molecule has 0 aliphatic rings. The standard InChI is InChI=1S/C20H16ClN3O2/c21-18-7-3-16(4-8-18)14-26-19-9-5-15(6-10-19)12-23-24-20(25)17-2-1-11-22-13-17/h1-13H,14H2,(H,24,25)/b23-12-. The molecule has 0 radical (unpaired) electrons. The predicted molar refractivity (Wildman–Crippen MR) is 102 cm³/mol. The third kappa shape index (κ3) is 5.16. The molecule has 1 amide bonds. The van der Waals surface area contributed by atoms with Crippen LogP contribution in [0.15, 0.2) is 78.2 Å². The largest absolute Gasteiger partial charge is 0.489 e. The lowest BCUT2D eigenvalue weighted by molar-refractivity contribution is 0.0955. The van der Waals surface area contributed by atoms with Crippen LogP contribution >= 0.6 is 11.6 Å². The highest BCUT2D eigenvalue weighted by atomic mass is 35.5. The van der Waals surface area contributed by atoms with Crippen molar-refractivity contribution in [2.45, 2.75) is 6.61 Å². The zero-order chi connectivity index (χ0) is 18.2. The summed E-state index contributed by atoms with van der Waals surface area (Å²) in [6, 6.07) is 18.3. The first-order valence-corrected chi connectivity index (χ1v) is 8.29. The van der Waals surface area contributed by atoms with Gasteiger partial charge in [0.25, 0.3) is 5.91 Å². The van der Waals surface area contributed by atoms with E-state index < -0.39 is 0 Å². The van der Waals surface area contributed by atoms with E-state index in [1.165, 1.54) is 6.20 Å². The molecule has 0 aliphatic heterocycles. The van der Waals surface area contributed by atoms with Gasteiger partial charge in [-0.05, 0) is 59.7 Å². The molecular formula is C20H16ClN3O2. The number of amides is 1. The number of rotatable bonds is 6. The number of nitrogens with zero attached hydrogens (tertiary/aromatic N) is 2. The molecule has 6 heteroatoms.